The molecular formula is C23H29N3O10. The fourth-order valence-corrected chi connectivity index (χ4v) is 3.78. The Morgan fingerprint density at radius 3 is 2.42 bits per heavy atom. The predicted molar refractivity (Wildman–Crippen MR) is 125 cm³/mol. The van der Waals surface area contributed by atoms with E-state index in [4.69, 9.17) is 23.7 Å². The number of aliphatic hydroxyl groups is 1. The molecule has 1 aliphatic heterocycles. The molecule has 196 valence electrons. The summed E-state index contributed by atoms with van der Waals surface area (Å²) in [7, 11) is 4.31. The number of nitrogens with one attached hydrogen (secondary N) is 2. The molecule has 0 spiro atoms. The Morgan fingerprint density at radius 1 is 1.17 bits per heavy atom. The number of carbonyl (C=O) groups excluding carboxylic acids is 2. The highest BCUT2D eigenvalue weighted by Gasteiger charge is 2.39. The van der Waals surface area contributed by atoms with Crippen LogP contribution >= 0.6 is 0 Å². The van der Waals surface area contributed by atoms with Gasteiger partial charge in [0.25, 0.3) is 11.5 Å². The molecule has 0 aliphatic carbocycles. The molecule has 3 atom stereocenters. The van der Waals surface area contributed by atoms with E-state index >= 15 is 0 Å². The van der Waals surface area contributed by atoms with Gasteiger partial charge in [-0.25, -0.2) is 4.79 Å². The molecule has 1 aliphatic rings. The zero-order valence-electron chi connectivity index (χ0n) is 20.4. The van der Waals surface area contributed by atoms with Gasteiger partial charge in [-0.15, -0.1) is 0 Å². The summed E-state index contributed by atoms with van der Waals surface area (Å²) in [6.45, 7) is 1.08. The van der Waals surface area contributed by atoms with Gasteiger partial charge in [-0.2, -0.15) is 0 Å². The van der Waals surface area contributed by atoms with Gasteiger partial charge in [0.1, 0.15) is 18.4 Å². The van der Waals surface area contributed by atoms with E-state index in [-0.39, 0.29) is 24.9 Å². The number of hydrogen-bond donors (Lipinski definition) is 3. The van der Waals surface area contributed by atoms with Gasteiger partial charge >= 0.3 is 11.7 Å². The Balaban J connectivity index is 1.57. The zero-order chi connectivity index (χ0) is 26.4. The van der Waals surface area contributed by atoms with Crippen LogP contribution < -0.4 is 30.8 Å². The normalized spacial score (nSPS) is 19.0. The number of rotatable bonds is 10. The van der Waals surface area contributed by atoms with Crippen molar-refractivity contribution < 1.29 is 38.4 Å². The molecular weight excluding hydrogens is 478 g/mol. The van der Waals surface area contributed by atoms with Crippen molar-refractivity contribution in [3.8, 4) is 17.2 Å². The number of aliphatic hydroxyl groups excluding tert-OH is 1. The lowest BCUT2D eigenvalue weighted by molar-refractivity contribution is -0.152. The smallest absolute Gasteiger partial charge is 0.330 e. The van der Waals surface area contributed by atoms with E-state index in [9.17, 15) is 24.3 Å². The van der Waals surface area contributed by atoms with E-state index in [0.717, 1.165) is 0 Å². The Morgan fingerprint density at radius 2 is 1.83 bits per heavy atom. The zero-order valence-corrected chi connectivity index (χ0v) is 20.4. The lowest BCUT2D eigenvalue weighted by atomic mass is 10.1. The summed E-state index contributed by atoms with van der Waals surface area (Å²) in [6, 6.07) is 2.97. The molecule has 3 N–H and O–H groups in total. The molecule has 1 amide bonds. The maximum absolute atomic E-state index is 12.6. The van der Waals surface area contributed by atoms with Crippen molar-refractivity contribution in [1.29, 1.82) is 0 Å². The summed E-state index contributed by atoms with van der Waals surface area (Å²) < 4.78 is 28.0. The number of aryl methyl sites for hydroxylation is 1. The van der Waals surface area contributed by atoms with Crippen LogP contribution in [0.3, 0.4) is 0 Å². The van der Waals surface area contributed by atoms with Crippen LogP contribution in [-0.4, -0.2) is 73.2 Å². The summed E-state index contributed by atoms with van der Waals surface area (Å²) in [5.41, 5.74) is -0.632. The standard InChI is InChI=1S/C23H29N3O10/c1-12-10-26(23(31)25-21(12)29)18-9-14(17(11-27)35-18)36-19(28)5-6-24-22(30)13-7-15(32-2)20(34-4)16(8-13)33-3/h7-8,10,14,17-18,27H,5-6,9,11H2,1-4H3,(H,24,30)(H,25,29,31). The summed E-state index contributed by atoms with van der Waals surface area (Å²) >= 11 is 0. The molecule has 36 heavy (non-hydrogen) atoms. The van der Waals surface area contributed by atoms with E-state index < -0.39 is 48.2 Å². The van der Waals surface area contributed by atoms with Crippen LogP contribution in [0.15, 0.2) is 27.9 Å². The minimum absolute atomic E-state index is 0.0201. The van der Waals surface area contributed by atoms with E-state index in [1.807, 2.05) is 0 Å². The van der Waals surface area contributed by atoms with E-state index in [2.05, 4.69) is 10.3 Å². The molecule has 1 aromatic heterocycles. The molecule has 0 radical (unpaired) electrons. The first-order valence-corrected chi connectivity index (χ1v) is 11.1. The first-order chi connectivity index (χ1) is 17.2. The number of amides is 1. The number of nitrogens with zero attached hydrogens (tertiary/aromatic N) is 1. The van der Waals surface area contributed by atoms with Crippen LogP contribution in [-0.2, 0) is 14.3 Å². The van der Waals surface area contributed by atoms with E-state index in [1.54, 1.807) is 0 Å². The Hall–Kier alpha value is -3.84. The molecule has 1 aromatic carbocycles. The summed E-state index contributed by atoms with van der Waals surface area (Å²) in [6.07, 6.45) is -1.21. The number of methoxy groups -OCH3 is 3. The van der Waals surface area contributed by atoms with Crippen molar-refractivity contribution in [2.45, 2.75) is 38.2 Å². The van der Waals surface area contributed by atoms with Gasteiger partial charge in [-0.05, 0) is 19.1 Å². The van der Waals surface area contributed by atoms with Crippen molar-refractivity contribution in [3.63, 3.8) is 0 Å². The third kappa shape index (κ3) is 5.86. The van der Waals surface area contributed by atoms with Gasteiger partial charge in [0.15, 0.2) is 11.5 Å². The number of carbonyl (C=O) groups is 2. The lowest BCUT2D eigenvalue weighted by Crippen LogP contribution is -2.33. The van der Waals surface area contributed by atoms with Gasteiger partial charge in [0.2, 0.25) is 5.75 Å². The molecule has 13 heteroatoms. The second-order valence-electron chi connectivity index (χ2n) is 7.97. The molecule has 0 saturated carbocycles. The molecule has 3 unspecified atom stereocenters. The van der Waals surface area contributed by atoms with Crippen LogP contribution in [0.2, 0.25) is 0 Å². The minimum atomic E-state index is -0.855. The van der Waals surface area contributed by atoms with Gasteiger partial charge in [-0.1, -0.05) is 0 Å². The largest absolute Gasteiger partial charge is 0.493 e. The monoisotopic (exact) mass is 507 g/mol. The van der Waals surface area contributed by atoms with Crippen molar-refractivity contribution >= 4 is 11.9 Å². The minimum Gasteiger partial charge on any atom is -0.493 e. The maximum Gasteiger partial charge on any atom is 0.330 e. The molecule has 2 aromatic rings. The fraction of sp³-hybridized carbons (Fsp3) is 0.478. The van der Waals surface area contributed by atoms with Crippen LogP contribution in [0, 0.1) is 6.92 Å². The van der Waals surface area contributed by atoms with Crippen LogP contribution in [0.1, 0.15) is 35.0 Å². The topological polar surface area (TPSA) is 167 Å². The third-order valence-corrected chi connectivity index (χ3v) is 5.64. The van der Waals surface area contributed by atoms with Crippen LogP contribution in [0.4, 0.5) is 0 Å². The van der Waals surface area contributed by atoms with Crippen molar-refractivity contribution in [3.05, 3.63) is 50.3 Å². The highest BCUT2D eigenvalue weighted by Crippen LogP contribution is 2.38. The van der Waals surface area contributed by atoms with Gasteiger partial charge < -0.3 is 34.1 Å². The number of esters is 1. The second-order valence-corrected chi connectivity index (χ2v) is 7.97. The van der Waals surface area contributed by atoms with Crippen LogP contribution in [0.25, 0.3) is 0 Å². The van der Waals surface area contributed by atoms with Gasteiger partial charge in [-0.3, -0.25) is 23.9 Å². The maximum atomic E-state index is 12.6. The molecule has 0 bridgehead atoms. The number of hydrogen-bond acceptors (Lipinski definition) is 10. The highest BCUT2D eigenvalue weighted by molar-refractivity contribution is 5.95. The second kappa shape index (κ2) is 11.7. The third-order valence-electron chi connectivity index (χ3n) is 5.64. The molecule has 1 saturated heterocycles. The van der Waals surface area contributed by atoms with Gasteiger partial charge in [0, 0.05) is 30.3 Å². The summed E-state index contributed by atoms with van der Waals surface area (Å²) in [5, 5.41) is 12.3. The van der Waals surface area contributed by atoms with Crippen LogP contribution in [0.5, 0.6) is 17.2 Å². The quantitative estimate of drug-likeness (QED) is 0.369. The first-order valence-electron chi connectivity index (χ1n) is 11.1. The molecule has 13 nitrogen and oxygen atoms in total. The average molecular weight is 507 g/mol. The number of H-pyrrole nitrogens is 1. The van der Waals surface area contributed by atoms with Crippen molar-refractivity contribution in [1.82, 2.24) is 14.9 Å². The highest BCUT2D eigenvalue weighted by atomic mass is 16.6. The molecule has 1 fully saturated rings. The molecule has 2 heterocycles. The van der Waals surface area contributed by atoms with Crippen molar-refractivity contribution in [2.75, 3.05) is 34.5 Å². The Labute approximate surface area is 205 Å². The lowest BCUT2D eigenvalue weighted by Gasteiger charge is -2.17. The first kappa shape index (κ1) is 26.8. The number of ether oxygens (including phenoxy) is 5. The predicted octanol–water partition coefficient (Wildman–Crippen LogP) is -0.117. The fourth-order valence-electron chi connectivity index (χ4n) is 3.78. The molecule has 3 rings (SSSR count). The number of aromatic amines is 1. The summed E-state index contributed by atoms with van der Waals surface area (Å²) in [4.78, 5) is 50.9. The van der Waals surface area contributed by atoms with Gasteiger partial charge in [0.05, 0.1) is 34.4 Å². The average Bonchev–Trinajstić information content (AvgIpc) is 3.27. The number of benzene rings is 1. The summed E-state index contributed by atoms with van der Waals surface area (Å²) in [5.74, 6) is -0.131. The SMILES string of the molecule is COc1cc(C(=O)NCCC(=O)OC2CC(n3cc(C)c(=O)[nH]c3=O)OC2CO)cc(OC)c1OC. The van der Waals surface area contributed by atoms with Crippen molar-refractivity contribution in [2.24, 2.45) is 0 Å². The Bertz CT molecular complexity index is 1200. The number of aromatic nitrogens is 2. The Kier molecular flexibility index (Phi) is 8.72. The van der Waals surface area contributed by atoms with E-state index in [1.165, 1.54) is 51.1 Å². The van der Waals surface area contributed by atoms with E-state index in [0.29, 0.717) is 22.8 Å².